The average Bonchev–Trinajstić information content (AvgIpc) is 2.77. The maximum Gasteiger partial charge on any atom is 0.242 e. The van der Waals surface area contributed by atoms with Crippen LogP contribution in [0.2, 0.25) is 0 Å². The summed E-state index contributed by atoms with van der Waals surface area (Å²) in [4.78, 5) is 13.2. The zero-order valence-corrected chi connectivity index (χ0v) is 18.4. The molecule has 1 fully saturated rings. The third-order valence-electron chi connectivity index (χ3n) is 4.89. The number of rotatable bonds is 7. The van der Waals surface area contributed by atoms with Crippen molar-refractivity contribution in [2.45, 2.75) is 18.7 Å². The van der Waals surface area contributed by atoms with Crippen molar-refractivity contribution in [1.29, 1.82) is 0 Å². The lowest BCUT2D eigenvalue weighted by molar-refractivity contribution is 0.372. The Labute approximate surface area is 179 Å². The largest absolute Gasteiger partial charge is 0.368 e. The van der Waals surface area contributed by atoms with E-state index in [1.54, 1.807) is 12.3 Å². The van der Waals surface area contributed by atoms with Gasteiger partial charge in [0, 0.05) is 57.3 Å². The lowest BCUT2D eigenvalue weighted by Gasteiger charge is -2.37. The van der Waals surface area contributed by atoms with E-state index in [1.807, 2.05) is 6.92 Å². The molecule has 2 aromatic rings. The minimum absolute atomic E-state index is 0.160. The van der Waals surface area contributed by atoms with Gasteiger partial charge in [-0.05, 0) is 43.7 Å². The smallest absolute Gasteiger partial charge is 0.242 e. The van der Waals surface area contributed by atoms with E-state index in [4.69, 9.17) is 0 Å². The number of nitrogens with one attached hydrogen (secondary N) is 2. The first-order valence-corrected chi connectivity index (χ1v) is 11.7. The summed E-state index contributed by atoms with van der Waals surface area (Å²) < 4.78 is 27.1. The number of aryl methyl sites for hydroxylation is 1. The third-order valence-corrected chi connectivity index (χ3v) is 6.34. The van der Waals surface area contributed by atoms with Crippen LogP contribution in [-0.4, -0.2) is 70.1 Å². The molecule has 0 unspecified atom stereocenters. The second-order valence-corrected chi connectivity index (χ2v) is 8.90. The molecule has 0 atom stereocenters. The molecular formula is C21H30N6O2S. The summed E-state index contributed by atoms with van der Waals surface area (Å²) >= 11 is 0. The predicted octanol–water partition coefficient (Wildman–Crippen LogP) is 1.46. The zero-order valence-electron chi connectivity index (χ0n) is 17.6. The molecule has 0 radical (unpaired) electrons. The highest BCUT2D eigenvalue weighted by Gasteiger charge is 2.20. The molecule has 0 spiro atoms. The Balaban J connectivity index is 1.53. The molecule has 1 saturated heterocycles. The van der Waals surface area contributed by atoms with Crippen molar-refractivity contribution >= 4 is 21.7 Å². The Morgan fingerprint density at radius 2 is 1.97 bits per heavy atom. The van der Waals surface area contributed by atoms with Crippen LogP contribution in [0.1, 0.15) is 12.5 Å². The van der Waals surface area contributed by atoms with Gasteiger partial charge < -0.3 is 15.1 Å². The van der Waals surface area contributed by atoms with Crippen molar-refractivity contribution in [2.24, 2.45) is 4.99 Å². The van der Waals surface area contributed by atoms with Gasteiger partial charge in [0.2, 0.25) is 10.0 Å². The van der Waals surface area contributed by atoms with Crippen molar-refractivity contribution in [3.8, 4) is 0 Å². The van der Waals surface area contributed by atoms with Gasteiger partial charge in [0.25, 0.3) is 0 Å². The number of hydrogen-bond donors (Lipinski definition) is 2. The maximum atomic E-state index is 12.3. The fraction of sp³-hybridized carbons (Fsp3) is 0.429. The highest BCUT2D eigenvalue weighted by atomic mass is 32.2. The highest BCUT2D eigenvalue weighted by Crippen LogP contribution is 2.17. The molecule has 1 aliphatic rings. The fourth-order valence-electron chi connectivity index (χ4n) is 3.36. The maximum absolute atomic E-state index is 12.3. The summed E-state index contributed by atoms with van der Waals surface area (Å²) in [6.07, 6.45) is 2.88. The molecular weight excluding hydrogens is 400 g/mol. The fourth-order valence-corrected chi connectivity index (χ4v) is 4.34. The summed E-state index contributed by atoms with van der Waals surface area (Å²) in [5, 5.41) is 3.32. The minimum Gasteiger partial charge on any atom is -0.368 e. The number of anilines is 1. The van der Waals surface area contributed by atoms with E-state index in [0.29, 0.717) is 6.54 Å². The predicted molar refractivity (Wildman–Crippen MR) is 120 cm³/mol. The van der Waals surface area contributed by atoms with E-state index >= 15 is 0 Å². The van der Waals surface area contributed by atoms with Crippen molar-refractivity contribution < 1.29 is 8.42 Å². The van der Waals surface area contributed by atoms with Crippen LogP contribution < -0.4 is 14.9 Å². The molecule has 0 bridgehead atoms. The SMILES string of the molecule is CCNC(=NCCNS(=O)(=O)c1cccnc1)N1CCN(c2cccc(C)c2)CC1. The van der Waals surface area contributed by atoms with Crippen LogP contribution in [-0.2, 0) is 10.0 Å². The van der Waals surface area contributed by atoms with Crippen molar-refractivity contribution in [2.75, 3.05) is 50.7 Å². The quantitative estimate of drug-likeness (QED) is 0.393. The number of aliphatic imine (C=N–C) groups is 1. The van der Waals surface area contributed by atoms with Crippen LogP contribution in [0.25, 0.3) is 0 Å². The van der Waals surface area contributed by atoms with Crippen LogP contribution in [0.5, 0.6) is 0 Å². The van der Waals surface area contributed by atoms with Gasteiger partial charge in [-0.2, -0.15) is 0 Å². The van der Waals surface area contributed by atoms with E-state index in [-0.39, 0.29) is 11.4 Å². The number of aromatic nitrogens is 1. The average molecular weight is 431 g/mol. The van der Waals surface area contributed by atoms with Gasteiger partial charge in [-0.25, -0.2) is 13.1 Å². The molecule has 1 aromatic heterocycles. The molecule has 0 amide bonds. The molecule has 2 heterocycles. The first-order chi connectivity index (χ1) is 14.5. The molecule has 30 heavy (non-hydrogen) atoms. The second kappa shape index (κ2) is 10.4. The first-order valence-electron chi connectivity index (χ1n) is 10.2. The normalized spacial score (nSPS) is 15.3. The van der Waals surface area contributed by atoms with Gasteiger partial charge in [0.1, 0.15) is 4.90 Å². The Hall–Kier alpha value is -2.65. The summed E-state index contributed by atoms with van der Waals surface area (Å²) in [5.74, 6) is 0.821. The number of pyridine rings is 1. The summed E-state index contributed by atoms with van der Waals surface area (Å²) in [6.45, 7) is 9.06. The summed E-state index contributed by atoms with van der Waals surface area (Å²) in [5.41, 5.74) is 2.51. The lowest BCUT2D eigenvalue weighted by Crippen LogP contribution is -2.52. The van der Waals surface area contributed by atoms with E-state index in [1.165, 1.54) is 23.5 Å². The van der Waals surface area contributed by atoms with Gasteiger partial charge in [0.15, 0.2) is 5.96 Å². The van der Waals surface area contributed by atoms with Gasteiger partial charge >= 0.3 is 0 Å². The standard InChI is InChI=1S/C21H30N6O2S/c1-3-23-21(24-10-11-25-30(28,29)20-8-5-9-22-17-20)27-14-12-26(13-15-27)19-7-4-6-18(2)16-19/h4-9,16-17,25H,3,10-15H2,1-2H3,(H,23,24). The number of guanidine groups is 1. The molecule has 162 valence electrons. The molecule has 9 heteroatoms. The van der Waals surface area contributed by atoms with Crippen molar-refractivity contribution in [3.63, 3.8) is 0 Å². The summed E-state index contributed by atoms with van der Waals surface area (Å²) in [7, 11) is -3.56. The van der Waals surface area contributed by atoms with Crippen LogP contribution in [0.15, 0.2) is 58.7 Å². The van der Waals surface area contributed by atoms with E-state index < -0.39 is 10.0 Å². The van der Waals surface area contributed by atoms with Gasteiger partial charge in [-0.15, -0.1) is 0 Å². The second-order valence-electron chi connectivity index (χ2n) is 7.14. The molecule has 3 rings (SSSR count). The molecule has 2 N–H and O–H groups in total. The van der Waals surface area contributed by atoms with Crippen LogP contribution in [0.4, 0.5) is 5.69 Å². The summed E-state index contributed by atoms with van der Waals surface area (Å²) in [6, 6.07) is 11.7. The Morgan fingerprint density at radius 1 is 1.17 bits per heavy atom. The number of nitrogens with zero attached hydrogens (tertiary/aromatic N) is 4. The van der Waals surface area contributed by atoms with E-state index in [2.05, 4.69) is 61.0 Å². The number of piperazine rings is 1. The minimum atomic E-state index is -3.56. The Bertz CT molecular complexity index is 941. The molecule has 8 nitrogen and oxygen atoms in total. The topological polar surface area (TPSA) is 89.9 Å². The number of hydrogen-bond acceptors (Lipinski definition) is 5. The molecule has 0 saturated carbocycles. The molecule has 0 aliphatic carbocycles. The van der Waals surface area contributed by atoms with Crippen molar-refractivity contribution in [3.05, 3.63) is 54.4 Å². The van der Waals surface area contributed by atoms with E-state index in [0.717, 1.165) is 38.7 Å². The van der Waals surface area contributed by atoms with E-state index in [9.17, 15) is 8.42 Å². The zero-order chi connectivity index (χ0) is 21.4. The van der Waals surface area contributed by atoms with Gasteiger partial charge in [-0.3, -0.25) is 9.98 Å². The van der Waals surface area contributed by atoms with Gasteiger partial charge in [0.05, 0.1) is 6.54 Å². The van der Waals surface area contributed by atoms with Crippen molar-refractivity contribution in [1.82, 2.24) is 19.9 Å². The third kappa shape index (κ3) is 5.93. The lowest BCUT2D eigenvalue weighted by atomic mass is 10.2. The van der Waals surface area contributed by atoms with Gasteiger partial charge in [-0.1, -0.05) is 12.1 Å². The van der Waals surface area contributed by atoms with Crippen LogP contribution in [0, 0.1) is 6.92 Å². The monoisotopic (exact) mass is 430 g/mol. The molecule has 1 aromatic carbocycles. The first kappa shape index (κ1) is 22.0. The Morgan fingerprint density at radius 3 is 2.63 bits per heavy atom. The number of sulfonamides is 1. The highest BCUT2D eigenvalue weighted by molar-refractivity contribution is 7.89. The van der Waals surface area contributed by atoms with Crippen LogP contribution >= 0.6 is 0 Å². The van der Waals surface area contributed by atoms with Crippen LogP contribution in [0.3, 0.4) is 0 Å². The molecule has 1 aliphatic heterocycles. The number of benzene rings is 1. The Kier molecular flexibility index (Phi) is 7.64.